The number of nitrogens with one attached hydrogen (secondary N) is 2. The van der Waals surface area contributed by atoms with E-state index >= 15 is 0 Å². The van der Waals surface area contributed by atoms with Crippen molar-refractivity contribution in [1.82, 2.24) is 4.31 Å². The molecule has 0 unspecified atom stereocenters. The third-order valence-corrected chi connectivity index (χ3v) is 6.94. The first-order chi connectivity index (χ1) is 13.3. The summed E-state index contributed by atoms with van der Waals surface area (Å²) in [6.45, 7) is 1.55. The van der Waals surface area contributed by atoms with E-state index in [-0.39, 0.29) is 30.2 Å². The maximum absolute atomic E-state index is 13.6. The maximum atomic E-state index is 13.6. The van der Waals surface area contributed by atoms with Gasteiger partial charge in [0.1, 0.15) is 11.6 Å². The van der Waals surface area contributed by atoms with Gasteiger partial charge in [0.15, 0.2) is 6.54 Å². The van der Waals surface area contributed by atoms with Crippen LogP contribution in [0, 0.1) is 11.6 Å². The SMILES string of the molecule is O=C(C[NH+]1CCN(S(=O)(=O)c2ccc(Br)cc2)CC1)Nc1ccc(F)cc1F. The summed E-state index contributed by atoms with van der Waals surface area (Å²) in [5.74, 6) is -1.97. The Labute approximate surface area is 170 Å². The molecule has 1 saturated heterocycles. The van der Waals surface area contributed by atoms with Gasteiger partial charge in [-0.15, -0.1) is 0 Å². The zero-order chi connectivity index (χ0) is 20.3. The smallest absolute Gasteiger partial charge is 0.279 e. The second-order valence-corrected chi connectivity index (χ2v) is 9.31. The third kappa shape index (κ3) is 4.93. The van der Waals surface area contributed by atoms with Crippen LogP contribution >= 0.6 is 15.9 Å². The number of sulfonamides is 1. The molecule has 3 rings (SSSR count). The maximum Gasteiger partial charge on any atom is 0.279 e. The van der Waals surface area contributed by atoms with Crippen molar-refractivity contribution in [3.8, 4) is 0 Å². The van der Waals surface area contributed by atoms with E-state index in [2.05, 4.69) is 21.2 Å². The largest absolute Gasteiger partial charge is 0.325 e. The predicted molar refractivity (Wildman–Crippen MR) is 103 cm³/mol. The Morgan fingerprint density at radius 1 is 1.11 bits per heavy atom. The van der Waals surface area contributed by atoms with Crippen molar-refractivity contribution in [2.24, 2.45) is 0 Å². The summed E-state index contributed by atoms with van der Waals surface area (Å²) >= 11 is 3.28. The van der Waals surface area contributed by atoms with E-state index < -0.39 is 27.6 Å². The number of nitrogens with zero attached hydrogens (tertiary/aromatic N) is 1. The molecule has 0 spiro atoms. The molecule has 0 aromatic heterocycles. The lowest BCUT2D eigenvalue weighted by molar-refractivity contribution is -0.895. The number of halogens is 3. The molecule has 150 valence electrons. The average Bonchev–Trinajstić information content (AvgIpc) is 2.65. The van der Waals surface area contributed by atoms with Gasteiger partial charge in [-0.05, 0) is 36.4 Å². The van der Waals surface area contributed by atoms with Gasteiger partial charge in [-0.3, -0.25) is 4.79 Å². The summed E-state index contributed by atoms with van der Waals surface area (Å²) in [5, 5.41) is 2.42. The fourth-order valence-electron chi connectivity index (χ4n) is 2.99. The van der Waals surface area contributed by atoms with Crippen molar-refractivity contribution >= 4 is 37.5 Å². The van der Waals surface area contributed by atoms with E-state index in [0.717, 1.165) is 15.4 Å². The van der Waals surface area contributed by atoms with Crippen LogP contribution in [0.2, 0.25) is 0 Å². The molecule has 0 radical (unpaired) electrons. The van der Waals surface area contributed by atoms with Crippen LogP contribution in [0.3, 0.4) is 0 Å². The van der Waals surface area contributed by atoms with Crippen LogP contribution in [0.25, 0.3) is 0 Å². The van der Waals surface area contributed by atoms with Crippen LogP contribution in [0.15, 0.2) is 51.8 Å². The molecule has 2 aromatic carbocycles. The summed E-state index contributed by atoms with van der Waals surface area (Å²) in [5.41, 5.74) is -0.0812. The molecule has 1 heterocycles. The van der Waals surface area contributed by atoms with Gasteiger partial charge in [-0.25, -0.2) is 17.2 Å². The van der Waals surface area contributed by atoms with E-state index in [1.807, 2.05) is 0 Å². The highest BCUT2D eigenvalue weighted by molar-refractivity contribution is 9.10. The molecule has 2 aromatic rings. The van der Waals surface area contributed by atoms with Gasteiger partial charge in [0, 0.05) is 10.5 Å². The highest BCUT2D eigenvalue weighted by atomic mass is 79.9. The summed E-state index contributed by atoms with van der Waals surface area (Å²) < 4.78 is 54.1. The minimum atomic E-state index is -3.58. The molecule has 0 saturated carbocycles. The van der Waals surface area contributed by atoms with E-state index in [0.29, 0.717) is 19.2 Å². The molecule has 10 heteroatoms. The standard InChI is InChI=1S/C18H18BrF2N3O3S/c19-13-1-4-15(5-2-13)28(26,27)24-9-7-23(8-10-24)12-18(25)22-17-6-3-14(20)11-16(17)21/h1-6,11H,7-10,12H2,(H,22,25)/p+1. The highest BCUT2D eigenvalue weighted by Gasteiger charge is 2.31. The molecule has 1 fully saturated rings. The number of benzene rings is 2. The van der Waals surface area contributed by atoms with E-state index in [4.69, 9.17) is 0 Å². The number of piperazine rings is 1. The number of quaternary nitrogens is 1. The Bertz CT molecular complexity index is 963. The Morgan fingerprint density at radius 2 is 1.75 bits per heavy atom. The fraction of sp³-hybridized carbons (Fsp3) is 0.278. The van der Waals surface area contributed by atoms with Gasteiger partial charge in [0.25, 0.3) is 5.91 Å². The number of amides is 1. The molecular weight excluding hydrogens is 456 g/mol. The first-order valence-electron chi connectivity index (χ1n) is 8.60. The minimum absolute atomic E-state index is 0.0724. The van der Waals surface area contributed by atoms with Gasteiger partial charge < -0.3 is 10.2 Å². The molecule has 0 bridgehead atoms. The van der Waals surface area contributed by atoms with Crippen LogP contribution < -0.4 is 10.2 Å². The number of hydrogen-bond acceptors (Lipinski definition) is 3. The van der Waals surface area contributed by atoms with Gasteiger partial charge in [0.2, 0.25) is 10.0 Å². The normalized spacial score (nSPS) is 16.1. The fourth-order valence-corrected chi connectivity index (χ4v) is 4.69. The molecule has 1 amide bonds. The summed E-state index contributed by atoms with van der Waals surface area (Å²) in [6, 6.07) is 9.37. The first-order valence-corrected chi connectivity index (χ1v) is 10.8. The Kier molecular flexibility index (Phi) is 6.43. The average molecular weight is 475 g/mol. The number of anilines is 1. The number of carbonyl (C=O) groups is 1. The molecule has 2 N–H and O–H groups in total. The Balaban J connectivity index is 1.55. The zero-order valence-electron chi connectivity index (χ0n) is 14.8. The van der Waals surface area contributed by atoms with Crippen LogP contribution in [0.5, 0.6) is 0 Å². The van der Waals surface area contributed by atoms with E-state index in [1.54, 1.807) is 24.3 Å². The second-order valence-electron chi connectivity index (χ2n) is 6.46. The minimum Gasteiger partial charge on any atom is -0.325 e. The van der Waals surface area contributed by atoms with Gasteiger partial charge in [-0.1, -0.05) is 15.9 Å². The molecule has 6 nitrogen and oxygen atoms in total. The van der Waals surface area contributed by atoms with Gasteiger partial charge in [-0.2, -0.15) is 4.31 Å². The molecule has 1 aliphatic rings. The van der Waals surface area contributed by atoms with E-state index in [9.17, 15) is 22.0 Å². The van der Waals surface area contributed by atoms with Gasteiger partial charge in [0.05, 0.1) is 36.8 Å². The third-order valence-electron chi connectivity index (χ3n) is 4.50. The van der Waals surface area contributed by atoms with Crippen molar-refractivity contribution in [2.75, 3.05) is 38.0 Å². The van der Waals surface area contributed by atoms with Crippen LogP contribution in [-0.2, 0) is 14.8 Å². The molecule has 28 heavy (non-hydrogen) atoms. The Hall–Kier alpha value is -1.88. The van der Waals surface area contributed by atoms with Gasteiger partial charge >= 0.3 is 0 Å². The molecule has 0 atom stereocenters. The highest BCUT2D eigenvalue weighted by Crippen LogP contribution is 2.19. The van der Waals surface area contributed by atoms with E-state index in [1.165, 1.54) is 10.4 Å². The number of carbonyl (C=O) groups excluding carboxylic acids is 1. The second kappa shape index (κ2) is 8.64. The lowest BCUT2D eigenvalue weighted by Crippen LogP contribution is -3.15. The van der Waals surface area contributed by atoms with Crippen molar-refractivity contribution in [2.45, 2.75) is 4.90 Å². The Morgan fingerprint density at radius 3 is 2.36 bits per heavy atom. The number of hydrogen-bond donors (Lipinski definition) is 2. The number of rotatable bonds is 5. The van der Waals surface area contributed by atoms with Crippen molar-refractivity contribution in [3.63, 3.8) is 0 Å². The molecule has 0 aliphatic carbocycles. The van der Waals surface area contributed by atoms with Crippen molar-refractivity contribution < 1.29 is 26.9 Å². The summed E-state index contributed by atoms with van der Waals surface area (Å²) in [6.07, 6.45) is 0. The zero-order valence-corrected chi connectivity index (χ0v) is 17.2. The lowest BCUT2D eigenvalue weighted by atomic mass is 10.3. The summed E-state index contributed by atoms with van der Waals surface area (Å²) in [4.78, 5) is 13.2. The predicted octanol–water partition coefficient (Wildman–Crippen LogP) is 1.26. The lowest BCUT2D eigenvalue weighted by Gasteiger charge is -2.31. The van der Waals surface area contributed by atoms with Crippen LogP contribution in [0.4, 0.5) is 14.5 Å². The summed E-state index contributed by atoms with van der Waals surface area (Å²) in [7, 11) is -3.58. The first kappa shape index (κ1) is 20.8. The molecule has 1 aliphatic heterocycles. The van der Waals surface area contributed by atoms with Crippen molar-refractivity contribution in [1.29, 1.82) is 0 Å². The monoisotopic (exact) mass is 474 g/mol. The quantitative estimate of drug-likeness (QED) is 0.685. The molecular formula is C18H19BrF2N3O3S+. The topological polar surface area (TPSA) is 70.9 Å². The van der Waals surface area contributed by atoms with Crippen LogP contribution in [0.1, 0.15) is 0 Å². The van der Waals surface area contributed by atoms with Crippen LogP contribution in [-0.4, -0.2) is 51.4 Å². The van der Waals surface area contributed by atoms with Crippen molar-refractivity contribution in [3.05, 3.63) is 58.6 Å².